The molecule has 2 aromatic rings. The molecule has 2 aliphatic rings. The molecule has 30 heavy (non-hydrogen) atoms. The standard InChI is InChI=1S/C22H30ClN3O2S.ClH/c23-21-7-5-20-14-22(8-6-19(20)13-21)29(27,28)26-11-9-25(10-12-26)16-18-3-1-17(15-24)2-4-18;/h5-8,13-14,17-18H,1-4,9-12,15-16,24H2;1H. The highest BCUT2D eigenvalue weighted by molar-refractivity contribution is 7.89. The number of piperazine rings is 1. The van der Waals surface area contributed by atoms with E-state index >= 15 is 0 Å². The summed E-state index contributed by atoms with van der Waals surface area (Å²) in [5, 5.41) is 2.49. The molecule has 0 atom stereocenters. The van der Waals surface area contributed by atoms with Gasteiger partial charge in [-0.1, -0.05) is 23.7 Å². The number of rotatable bonds is 5. The van der Waals surface area contributed by atoms with Crippen LogP contribution in [0.5, 0.6) is 0 Å². The highest BCUT2D eigenvalue weighted by Crippen LogP contribution is 2.29. The maximum Gasteiger partial charge on any atom is 0.243 e. The Morgan fingerprint density at radius 2 is 1.50 bits per heavy atom. The number of nitrogens with two attached hydrogens (primary N) is 1. The number of hydrogen-bond donors (Lipinski definition) is 1. The fraction of sp³-hybridized carbons (Fsp3) is 0.545. The molecule has 2 aromatic carbocycles. The molecule has 0 amide bonds. The third-order valence-electron chi connectivity index (χ3n) is 6.56. The lowest BCUT2D eigenvalue weighted by Crippen LogP contribution is -2.49. The molecule has 0 aromatic heterocycles. The number of nitrogens with zero attached hydrogens (tertiary/aromatic N) is 2. The Morgan fingerprint density at radius 1 is 0.900 bits per heavy atom. The van der Waals surface area contributed by atoms with Gasteiger partial charge in [-0.3, -0.25) is 0 Å². The first kappa shape index (κ1) is 23.8. The SMILES string of the molecule is Cl.NCC1CCC(CN2CCN(S(=O)(=O)c3ccc4cc(Cl)ccc4c3)CC2)CC1. The minimum Gasteiger partial charge on any atom is -0.330 e. The van der Waals surface area contributed by atoms with Crippen molar-refractivity contribution in [2.75, 3.05) is 39.3 Å². The lowest BCUT2D eigenvalue weighted by molar-refractivity contribution is 0.141. The fourth-order valence-electron chi connectivity index (χ4n) is 4.67. The summed E-state index contributed by atoms with van der Waals surface area (Å²) in [6.07, 6.45) is 4.98. The molecule has 2 N–H and O–H groups in total. The van der Waals surface area contributed by atoms with Gasteiger partial charge in [-0.2, -0.15) is 4.31 Å². The maximum absolute atomic E-state index is 13.1. The molecular formula is C22H31Cl2N3O2S. The maximum atomic E-state index is 13.1. The molecule has 1 aliphatic carbocycles. The minimum atomic E-state index is -3.47. The van der Waals surface area contributed by atoms with Crippen molar-refractivity contribution < 1.29 is 8.42 Å². The molecule has 0 unspecified atom stereocenters. The monoisotopic (exact) mass is 471 g/mol. The van der Waals surface area contributed by atoms with Crippen LogP contribution in [0.2, 0.25) is 5.02 Å². The Labute approximate surface area is 191 Å². The van der Waals surface area contributed by atoms with E-state index in [2.05, 4.69) is 4.90 Å². The van der Waals surface area contributed by atoms with Crippen molar-refractivity contribution in [2.24, 2.45) is 17.6 Å². The number of benzene rings is 2. The van der Waals surface area contributed by atoms with Crippen LogP contribution in [0, 0.1) is 11.8 Å². The Bertz CT molecular complexity index is 954. The van der Waals surface area contributed by atoms with Crippen LogP contribution in [0.15, 0.2) is 41.3 Å². The second-order valence-electron chi connectivity index (χ2n) is 8.48. The van der Waals surface area contributed by atoms with Gasteiger partial charge in [0.1, 0.15) is 0 Å². The number of sulfonamides is 1. The third kappa shape index (κ3) is 5.29. The predicted octanol–water partition coefficient (Wildman–Crippen LogP) is 3.99. The van der Waals surface area contributed by atoms with Gasteiger partial charge in [0.2, 0.25) is 10.0 Å². The van der Waals surface area contributed by atoms with Gasteiger partial charge in [-0.15, -0.1) is 12.4 Å². The topological polar surface area (TPSA) is 66.6 Å². The first-order valence-electron chi connectivity index (χ1n) is 10.6. The van der Waals surface area contributed by atoms with Crippen molar-refractivity contribution in [1.82, 2.24) is 9.21 Å². The zero-order valence-corrected chi connectivity index (χ0v) is 19.6. The Hall–Kier alpha value is -0.890. The van der Waals surface area contributed by atoms with Crippen molar-refractivity contribution >= 4 is 44.8 Å². The van der Waals surface area contributed by atoms with Crippen LogP contribution in [-0.4, -0.2) is 56.9 Å². The van der Waals surface area contributed by atoms with E-state index in [0.29, 0.717) is 28.9 Å². The first-order valence-corrected chi connectivity index (χ1v) is 12.4. The molecule has 1 saturated heterocycles. The summed E-state index contributed by atoms with van der Waals surface area (Å²) in [6.45, 7) is 4.61. The normalized spacial score (nSPS) is 23.9. The summed E-state index contributed by atoms with van der Waals surface area (Å²) >= 11 is 6.03. The molecule has 2 fully saturated rings. The van der Waals surface area contributed by atoms with Crippen LogP contribution in [0.1, 0.15) is 25.7 Å². The van der Waals surface area contributed by atoms with E-state index in [4.69, 9.17) is 17.3 Å². The largest absolute Gasteiger partial charge is 0.330 e. The molecule has 1 aliphatic heterocycles. The Kier molecular flexibility index (Phi) is 8.04. The average molecular weight is 472 g/mol. The fourth-order valence-corrected chi connectivity index (χ4v) is 6.31. The van der Waals surface area contributed by atoms with Gasteiger partial charge in [0.25, 0.3) is 0 Å². The van der Waals surface area contributed by atoms with Gasteiger partial charge in [0.15, 0.2) is 0 Å². The molecule has 5 nitrogen and oxygen atoms in total. The Morgan fingerprint density at radius 3 is 2.17 bits per heavy atom. The summed E-state index contributed by atoms with van der Waals surface area (Å²) in [6, 6.07) is 10.8. The van der Waals surface area contributed by atoms with Crippen LogP contribution in [0.3, 0.4) is 0 Å². The minimum absolute atomic E-state index is 0. The van der Waals surface area contributed by atoms with Crippen molar-refractivity contribution in [3.63, 3.8) is 0 Å². The van der Waals surface area contributed by atoms with Gasteiger partial charge >= 0.3 is 0 Å². The first-order chi connectivity index (χ1) is 14.0. The van der Waals surface area contributed by atoms with Crippen molar-refractivity contribution in [1.29, 1.82) is 0 Å². The van der Waals surface area contributed by atoms with E-state index in [9.17, 15) is 8.42 Å². The van der Waals surface area contributed by atoms with E-state index in [-0.39, 0.29) is 12.4 Å². The van der Waals surface area contributed by atoms with Gasteiger partial charge in [-0.25, -0.2) is 8.42 Å². The second-order valence-corrected chi connectivity index (χ2v) is 10.9. The summed E-state index contributed by atoms with van der Waals surface area (Å²) in [4.78, 5) is 2.79. The van der Waals surface area contributed by atoms with Crippen LogP contribution >= 0.6 is 24.0 Å². The molecule has 8 heteroatoms. The van der Waals surface area contributed by atoms with Gasteiger partial charge in [0, 0.05) is 37.7 Å². The Balaban J connectivity index is 0.00000256. The van der Waals surface area contributed by atoms with Crippen LogP contribution in [0.25, 0.3) is 10.8 Å². The van der Waals surface area contributed by atoms with Crippen LogP contribution < -0.4 is 5.73 Å². The molecule has 0 spiro atoms. The highest BCUT2D eigenvalue weighted by Gasteiger charge is 2.30. The zero-order valence-electron chi connectivity index (χ0n) is 17.2. The quantitative estimate of drug-likeness (QED) is 0.715. The number of hydrogen-bond acceptors (Lipinski definition) is 4. The molecule has 0 radical (unpaired) electrons. The average Bonchev–Trinajstić information content (AvgIpc) is 2.74. The van der Waals surface area contributed by atoms with E-state index in [1.54, 1.807) is 22.5 Å². The third-order valence-corrected chi connectivity index (χ3v) is 8.69. The van der Waals surface area contributed by atoms with Gasteiger partial charge < -0.3 is 10.6 Å². The lowest BCUT2D eigenvalue weighted by atomic mass is 9.82. The summed E-state index contributed by atoms with van der Waals surface area (Å²) in [7, 11) is -3.47. The zero-order chi connectivity index (χ0) is 20.4. The van der Waals surface area contributed by atoms with E-state index in [1.165, 1.54) is 25.7 Å². The van der Waals surface area contributed by atoms with Crippen LogP contribution in [0.4, 0.5) is 0 Å². The van der Waals surface area contributed by atoms with Gasteiger partial charge in [0.05, 0.1) is 4.90 Å². The molecular weight excluding hydrogens is 441 g/mol. The van der Waals surface area contributed by atoms with Crippen LogP contribution in [-0.2, 0) is 10.0 Å². The van der Waals surface area contributed by atoms with E-state index in [1.807, 2.05) is 18.2 Å². The number of halogens is 2. The van der Waals surface area contributed by atoms with E-state index in [0.717, 1.165) is 42.9 Å². The number of fused-ring (bicyclic) bond motifs is 1. The van der Waals surface area contributed by atoms with Gasteiger partial charge in [-0.05, 0) is 79.1 Å². The molecule has 4 rings (SSSR count). The lowest BCUT2D eigenvalue weighted by Gasteiger charge is -2.37. The smallest absolute Gasteiger partial charge is 0.243 e. The molecule has 166 valence electrons. The molecule has 1 heterocycles. The summed E-state index contributed by atoms with van der Waals surface area (Å²) in [5.41, 5.74) is 5.80. The van der Waals surface area contributed by atoms with Crippen molar-refractivity contribution in [2.45, 2.75) is 30.6 Å². The summed E-state index contributed by atoms with van der Waals surface area (Å²) in [5.74, 6) is 1.43. The van der Waals surface area contributed by atoms with Crippen molar-refractivity contribution in [3.05, 3.63) is 41.4 Å². The molecule has 1 saturated carbocycles. The highest BCUT2D eigenvalue weighted by atomic mass is 35.5. The molecule has 0 bridgehead atoms. The second kappa shape index (κ2) is 10.2. The van der Waals surface area contributed by atoms with E-state index < -0.39 is 10.0 Å². The summed E-state index contributed by atoms with van der Waals surface area (Å²) < 4.78 is 27.9. The predicted molar refractivity (Wildman–Crippen MR) is 126 cm³/mol. The van der Waals surface area contributed by atoms with Crippen molar-refractivity contribution in [3.8, 4) is 0 Å².